The molecule has 0 radical (unpaired) electrons. The van der Waals surface area contributed by atoms with E-state index in [0.29, 0.717) is 16.9 Å². The fourth-order valence-corrected chi connectivity index (χ4v) is 3.10. The van der Waals surface area contributed by atoms with Crippen LogP contribution in [0.1, 0.15) is 27.0 Å². The molecule has 0 aliphatic rings. The van der Waals surface area contributed by atoms with Crippen molar-refractivity contribution in [3.63, 3.8) is 0 Å². The number of benzene rings is 3. The highest BCUT2D eigenvalue weighted by molar-refractivity contribution is 6.16. The van der Waals surface area contributed by atoms with Crippen LogP contribution in [-0.4, -0.2) is 26.0 Å². The number of rotatable bonds is 9. The fraction of sp³-hybridized carbons (Fsp3) is 0.111. The van der Waals surface area contributed by atoms with Crippen molar-refractivity contribution in [3.05, 3.63) is 113 Å². The van der Waals surface area contributed by atoms with E-state index < -0.39 is 5.97 Å². The lowest BCUT2D eigenvalue weighted by Gasteiger charge is -2.13. The summed E-state index contributed by atoms with van der Waals surface area (Å²) in [6.07, 6.45) is 4.39. The number of carbonyl (C=O) groups excluding carboxylic acids is 2. The van der Waals surface area contributed by atoms with Crippen molar-refractivity contribution in [2.75, 3.05) is 14.2 Å². The summed E-state index contributed by atoms with van der Waals surface area (Å²) in [5.41, 5.74) is 2.82. The molecule has 5 nitrogen and oxygen atoms in total. The molecule has 6 heteroatoms. The molecule has 0 fully saturated rings. The molecule has 0 N–H and O–H groups in total. The Morgan fingerprint density at radius 2 is 1.70 bits per heavy atom. The Bertz CT molecular complexity index is 1180. The topological polar surface area (TPSA) is 61.8 Å². The van der Waals surface area contributed by atoms with E-state index in [1.807, 2.05) is 12.1 Å². The van der Waals surface area contributed by atoms with Crippen molar-refractivity contribution in [3.8, 4) is 5.75 Å². The van der Waals surface area contributed by atoms with Crippen molar-refractivity contribution in [2.24, 2.45) is 0 Å². The number of halogens is 1. The predicted molar refractivity (Wildman–Crippen MR) is 124 cm³/mol. The molecule has 0 atom stereocenters. The first-order chi connectivity index (χ1) is 16.0. The zero-order valence-corrected chi connectivity index (χ0v) is 18.3. The van der Waals surface area contributed by atoms with Gasteiger partial charge in [-0.05, 0) is 47.0 Å². The Morgan fingerprint density at radius 3 is 2.42 bits per heavy atom. The summed E-state index contributed by atoms with van der Waals surface area (Å²) in [5.74, 6) is -0.562. The highest BCUT2D eigenvalue weighted by Gasteiger charge is 2.17. The van der Waals surface area contributed by atoms with Crippen molar-refractivity contribution in [2.45, 2.75) is 6.61 Å². The number of esters is 1. The van der Waals surface area contributed by atoms with Gasteiger partial charge >= 0.3 is 5.97 Å². The zero-order chi connectivity index (χ0) is 23.6. The Labute approximate surface area is 191 Å². The summed E-state index contributed by atoms with van der Waals surface area (Å²) >= 11 is 0. The van der Waals surface area contributed by atoms with Crippen LogP contribution < -0.4 is 4.74 Å². The molecule has 3 rings (SSSR count). The van der Waals surface area contributed by atoms with Crippen LogP contribution in [-0.2, 0) is 20.9 Å². The summed E-state index contributed by atoms with van der Waals surface area (Å²) in [5, 5.41) is 0. The molecule has 0 saturated carbocycles. The largest absolute Gasteiger partial charge is 0.503 e. The lowest BCUT2D eigenvalue weighted by molar-refractivity contribution is -0.133. The molecule has 0 heterocycles. The van der Waals surface area contributed by atoms with E-state index in [1.165, 1.54) is 38.7 Å². The lowest BCUT2D eigenvalue weighted by Crippen LogP contribution is -2.08. The monoisotopic (exact) mass is 446 g/mol. The van der Waals surface area contributed by atoms with Gasteiger partial charge < -0.3 is 14.2 Å². The van der Waals surface area contributed by atoms with Gasteiger partial charge in [0.15, 0.2) is 5.78 Å². The summed E-state index contributed by atoms with van der Waals surface area (Å²) in [6, 6.07) is 19.9. The molecule has 168 valence electrons. The zero-order valence-electron chi connectivity index (χ0n) is 18.3. The maximum atomic E-state index is 13.0. The third kappa shape index (κ3) is 6.40. The maximum Gasteiger partial charge on any atom is 0.341 e. The van der Waals surface area contributed by atoms with Crippen LogP contribution in [0.15, 0.2) is 85.1 Å². The predicted octanol–water partition coefficient (Wildman–Crippen LogP) is 5.46. The molecule has 0 aliphatic carbocycles. The average molecular weight is 446 g/mol. The molecule has 0 unspecified atom stereocenters. The smallest absolute Gasteiger partial charge is 0.341 e. The second-order valence-corrected chi connectivity index (χ2v) is 6.98. The SMILES string of the molecule is CO/C=C(/C(=O)OC)c1ccccc1COc1cccc(C(=O)/C=C/c2ccc(F)cc2)c1. The van der Waals surface area contributed by atoms with E-state index >= 15 is 0 Å². The van der Waals surface area contributed by atoms with Crippen molar-refractivity contribution < 1.29 is 28.2 Å². The van der Waals surface area contributed by atoms with Gasteiger partial charge in [0, 0.05) is 5.56 Å². The van der Waals surface area contributed by atoms with Gasteiger partial charge in [-0.15, -0.1) is 0 Å². The van der Waals surface area contributed by atoms with Crippen LogP contribution in [0.5, 0.6) is 5.75 Å². The van der Waals surface area contributed by atoms with Crippen molar-refractivity contribution in [1.29, 1.82) is 0 Å². The Hall–Kier alpha value is -4.19. The third-order valence-electron chi connectivity index (χ3n) is 4.76. The normalized spacial score (nSPS) is 11.3. The molecule has 0 spiro atoms. The van der Waals surface area contributed by atoms with Crippen LogP contribution >= 0.6 is 0 Å². The van der Waals surface area contributed by atoms with Gasteiger partial charge in [0.25, 0.3) is 0 Å². The summed E-state index contributed by atoms with van der Waals surface area (Å²) < 4.78 is 28.8. The minimum absolute atomic E-state index is 0.164. The first-order valence-corrected chi connectivity index (χ1v) is 10.1. The van der Waals surface area contributed by atoms with Gasteiger partial charge in [-0.3, -0.25) is 4.79 Å². The van der Waals surface area contributed by atoms with E-state index in [2.05, 4.69) is 0 Å². The van der Waals surface area contributed by atoms with Gasteiger partial charge in [-0.25, -0.2) is 9.18 Å². The highest BCUT2D eigenvalue weighted by Crippen LogP contribution is 2.23. The molecule has 3 aromatic carbocycles. The summed E-state index contributed by atoms with van der Waals surface area (Å²) in [4.78, 5) is 24.7. The van der Waals surface area contributed by atoms with E-state index in [4.69, 9.17) is 14.2 Å². The Balaban J connectivity index is 1.74. The van der Waals surface area contributed by atoms with E-state index in [9.17, 15) is 14.0 Å². The van der Waals surface area contributed by atoms with Gasteiger partial charge in [0.1, 0.15) is 23.7 Å². The Morgan fingerprint density at radius 1 is 0.939 bits per heavy atom. The minimum atomic E-state index is -0.523. The molecular formula is C27H23FO5. The number of allylic oxidation sites excluding steroid dienone is 1. The number of hydrogen-bond acceptors (Lipinski definition) is 5. The van der Waals surface area contributed by atoms with E-state index in [0.717, 1.165) is 11.1 Å². The van der Waals surface area contributed by atoms with Gasteiger partial charge in [0.2, 0.25) is 0 Å². The van der Waals surface area contributed by atoms with Crippen LogP contribution in [0, 0.1) is 5.82 Å². The maximum absolute atomic E-state index is 13.0. The number of hydrogen-bond donors (Lipinski definition) is 0. The van der Waals surface area contributed by atoms with E-state index in [1.54, 1.807) is 54.6 Å². The van der Waals surface area contributed by atoms with Gasteiger partial charge in [-0.2, -0.15) is 0 Å². The first-order valence-electron chi connectivity index (χ1n) is 10.1. The standard InChI is InChI=1S/C27H23FO5/c1-31-18-25(27(30)32-2)24-9-4-3-6-21(24)17-33-23-8-5-7-20(16-23)26(29)15-12-19-10-13-22(28)14-11-19/h3-16,18H,17H2,1-2H3/b15-12+,25-18+. The van der Waals surface area contributed by atoms with E-state index in [-0.39, 0.29) is 23.8 Å². The summed E-state index contributed by atoms with van der Waals surface area (Å²) in [7, 11) is 2.76. The second-order valence-electron chi connectivity index (χ2n) is 6.98. The van der Waals surface area contributed by atoms with Crippen molar-refractivity contribution in [1.82, 2.24) is 0 Å². The molecule has 0 aromatic heterocycles. The number of methoxy groups -OCH3 is 2. The molecule has 3 aromatic rings. The molecule has 0 aliphatic heterocycles. The molecule has 0 saturated heterocycles. The minimum Gasteiger partial charge on any atom is -0.503 e. The molecule has 0 bridgehead atoms. The number of ether oxygens (including phenoxy) is 3. The number of ketones is 1. The first kappa shape index (κ1) is 23.5. The number of carbonyl (C=O) groups is 2. The second kappa shape index (κ2) is 11.4. The molecule has 0 amide bonds. The van der Waals surface area contributed by atoms with Crippen LogP contribution in [0.25, 0.3) is 11.6 Å². The van der Waals surface area contributed by atoms with Gasteiger partial charge in [-0.1, -0.05) is 54.6 Å². The lowest BCUT2D eigenvalue weighted by atomic mass is 10.0. The van der Waals surface area contributed by atoms with Gasteiger partial charge in [0.05, 0.1) is 20.5 Å². The highest BCUT2D eigenvalue weighted by atomic mass is 19.1. The molecule has 33 heavy (non-hydrogen) atoms. The average Bonchev–Trinajstić information content (AvgIpc) is 2.85. The molecular weight excluding hydrogens is 423 g/mol. The summed E-state index contributed by atoms with van der Waals surface area (Å²) in [6.45, 7) is 0.164. The van der Waals surface area contributed by atoms with Crippen LogP contribution in [0.4, 0.5) is 4.39 Å². The van der Waals surface area contributed by atoms with Crippen LogP contribution in [0.2, 0.25) is 0 Å². The Kier molecular flexibility index (Phi) is 8.13. The fourth-order valence-electron chi connectivity index (χ4n) is 3.10. The quantitative estimate of drug-likeness (QED) is 0.189. The van der Waals surface area contributed by atoms with Crippen LogP contribution in [0.3, 0.4) is 0 Å². The van der Waals surface area contributed by atoms with Crippen molar-refractivity contribution >= 4 is 23.4 Å². The third-order valence-corrected chi connectivity index (χ3v) is 4.76.